The largest absolute Gasteiger partial charge is 0.489 e. The molecule has 1 aliphatic rings. The van der Waals surface area contributed by atoms with Crippen molar-refractivity contribution in [2.24, 2.45) is 5.92 Å². The van der Waals surface area contributed by atoms with Gasteiger partial charge in [0.2, 0.25) is 5.91 Å². The number of benzene rings is 1. The quantitative estimate of drug-likeness (QED) is 0.761. The molecule has 21 heavy (non-hydrogen) atoms. The Hall–Kier alpha value is -1.52. The van der Waals surface area contributed by atoms with Crippen LogP contribution in [0.15, 0.2) is 36.9 Å². The van der Waals surface area contributed by atoms with Crippen LogP contribution >= 0.6 is 12.4 Å². The zero-order valence-corrected chi connectivity index (χ0v) is 13.0. The van der Waals surface area contributed by atoms with Crippen LogP contribution in [0.4, 0.5) is 5.69 Å². The van der Waals surface area contributed by atoms with Gasteiger partial charge < -0.3 is 15.4 Å². The van der Waals surface area contributed by atoms with Gasteiger partial charge in [0.1, 0.15) is 12.4 Å². The summed E-state index contributed by atoms with van der Waals surface area (Å²) >= 11 is 0. The smallest absolute Gasteiger partial charge is 0.224 e. The van der Waals surface area contributed by atoms with Gasteiger partial charge in [-0.15, -0.1) is 12.4 Å². The Morgan fingerprint density at radius 1 is 1.52 bits per heavy atom. The highest BCUT2D eigenvalue weighted by Crippen LogP contribution is 2.19. The minimum absolute atomic E-state index is 0. The maximum absolute atomic E-state index is 11.9. The van der Waals surface area contributed by atoms with Crippen molar-refractivity contribution in [1.29, 1.82) is 0 Å². The lowest BCUT2D eigenvalue weighted by Gasteiger charge is -2.10. The normalized spacial score (nSPS) is 16.9. The first kappa shape index (κ1) is 17.5. The van der Waals surface area contributed by atoms with Crippen molar-refractivity contribution in [2.45, 2.75) is 19.3 Å². The molecule has 1 aromatic carbocycles. The van der Waals surface area contributed by atoms with Crippen molar-refractivity contribution in [3.63, 3.8) is 0 Å². The highest BCUT2D eigenvalue weighted by molar-refractivity contribution is 5.90. The second kappa shape index (κ2) is 9.42. The summed E-state index contributed by atoms with van der Waals surface area (Å²) in [6.07, 6.45) is 4.40. The molecule has 2 N–H and O–H groups in total. The predicted octanol–water partition coefficient (Wildman–Crippen LogP) is 3.00. The van der Waals surface area contributed by atoms with Crippen LogP contribution in [-0.4, -0.2) is 25.6 Å². The average Bonchev–Trinajstić information content (AvgIpc) is 2.97. The van der Waals surface area contributed by atoms with Crippen LogP contribution in [0.25, 0.3) is 0 Å². The molecule has 0 radical (unpaired) electrons. The minimum Gasteiger partial charge on any atom is -0.489 e. The summed E-state index contributed by atoms with van der Waals surface area (Å²) in [5, 5.41) is 6.23. The molecule has 0 bridgehead atoms. The number of anilines is 1. The molecule has 0 aliphatic carbocycles. The molecule has 5 heteroatoms. The Morgan fingerprint density at radius 3 is 3.10 bits per heavy atom. The van der Waals surface area contributed by atoms with E-state index in [2.05, 4.69) is 17.2 Å². The van der Waals surface area contributed by atoms with Crippen LogP contribution in [0, 0.1) is 5.92 Å². The summed E-state index contributed by atoms with van der Waals surface area (Å²) < 4.78 is 5.44. The van der Waals surface area contributed by atoms with Crippen LogP contribution in [-0.2, 0) is 4.79 Å². The van der Waals surface area contributed by atoms with E-state index < -0.39 is 0 Å². The standard InChI is InChI=1S/C16H22N2O2.ClH/c1-2-10-20-15-5-3-4-14(11-15)18-16(19)7-6-13-8-9-17-12-13;/h2-5,11,13,17H,1,6-10,12H2,(H,18,19);1H. The second-order valence-corrected chi connectivity index (χ2v) is 5.07. The summed E-state index contributed by atoms with van der Waals surface area (Å²) in [6.45, 7) is 6.19. The van der Waals surface area contributed by atoms with Gasteiger partial charge in [0.25, 0.3) is 0 Å². The molecule has 1 unspecified atom stereocenters. The summed E-state index contributed by atoms with van der Waals surface area (Å²) in [7, 11) is 0. The van der Waals surface area contributed by atoms with E-state index in [9.17, 15) is 4.79 Å². The lowest BCUT2D eigenvalue weighted by molar-refractivity contribution is -0.116. The molecule has 1 aromatic rings. The summed E-state index contributed by atoms with van der Waals surface area (Å²) in [5.74, 6) is 1.45. The van der Waals surface area contributed by atoms with Crippen molar-refractivity contribution in [1.82, 2.24) is 5.32 Å². The number of hydrogen-bond acceptors (Lipinski definition) is 3. The molecule has 0 aromatic heterocycles. The lowest BCUT2D eigenvalue weighted by atomic mass is 10.0. The SMILES string of the molecule is C=CCOc1cccc(NC(=O)CCC2CCNC2)c1.Cl. The van der Waals surface area contributed by atoms with Crippen LogP contribution in [0.5, 0.6) is 5.75 Å². The fourth-order valence-electron chi connectivity index (χ4n) is 2.34. The van der Waals surface area contributed by atoms with Crippen LogP contribution in [0.3, 0.4) is 0 Å². The highest BCUT2D eigenvalue weighted by atomic mass is 35.5. The van der Waals surface area contributed by atoms with Crippen molar-refractivity contribution >= 4 is 24.0 Å². The molecule has 1 fully saturated rings. The molecule has 1 saturated heterocycles. The third-order valence-corrected chi connectivity index (χ3v) is 3.43. The van der Waals surface area contributed by atoms with Crippen LogP contribution < -0.4 is 15.4 Å². The molecule has 0 spiro atoms. The van der Waals surface area contributed by atoms with Gasteiger partial charge in [0.15, 0.2) is 0 Å². The highest BCUT2D eigenvalue weighted by Gasteiger charge is 2.15. The zero-order chi connectivity index (χ0) is 14.2. The molecule has 1 amide bonds. The first-order valence-corrected chi connectivity index (χ1v) is 7.12. The van der Waals surface area contributed by atoms with E-state index >= 15 is 0 Å². The van der Waals surface area contributed by atoms with Gasteiger partial charge in [0.05, 0.1) is 0 Å². The van der Waals surface area contributed by atoms with Gasteiger partial charge in [-0.3, -0.25) is 4.79 Å². The number of amides is 1. The fourth-order valence-corrected chi connectivity index (χ4v) is 2.34. The average molecular weight is 311 g/mol. The van der Waals surface area contributed by atoms with E-state index in [-0.39, 0.29) is 18.3 Å². The van der Waals surface area contributed by atoms with Gasteiger partial charge in [-0.25, -0.2) is 0 Å². The van der Waals surface area contributed by atoms with Crippen molar-refractivity contribution in [3.05, 3.63) is 36.9 Å². The fraction of sp³-hybridized carbons (Fsp3) is 0.438. The van der Waals surface area contributed by atoms with Gasteiger partial charge >= 0.3 is 0 Å². The number of rotatable bonds is 7. The third-order valence-electron chi connectivity index (χ3n) is 3.43. The van der Waals surface area contributed by atoms with Crippen molar-refractivity contribution in [2.75, 3.05) is 25.0 Å². The molecule has 116 valence electrons. The molecule has 1 heterocycles. The lowest BCUT2D eigenvalue weighted by Crippen LogP contribution is -2.15. The van der Waals surface area contributed by atoms with Crippen LogP contribution in [0.1, 0.15) is 19.3 Å². The first-order chi connectivity index (χ1) is 9.78. The molecule has 0 saturated carbocycles. The Labute approximate surface area is 132 Å². The van der Waals surface area contributed by atoms with E-state index in [1.54, 1.807) is 6.08 Å². The van der Waals surface area contributed by atoms with E-state index in [1.165, 1.54) is 6.42 Å². The predicted molar refractivity (Wildman–Crippen MR) is 88.2 cm³/mol. The van der Waals surface area contributed by atoms with E-state index in [0.29, 0.717) is 18.9 Å². The van der Waals surface area contributed by atoms with Crippen LogP contribution in [0.2, 0.25) is 0 Å². The van der Waals surface area contributed by atoms with Gasteiger partial charge in [0, 0.05) is 18.2 Å². The zero-order valence-electron chi connectivity index (χ0n) is 12.1. The molecule has 1 aliphatic heterocycles. The van der Waals surface area contributed by atoms with Crippen molar-refractivity contribution < 1.29 is 9.53 Å². The summed E-state index contributed by atoms with van der Waals surface area (Å²) in [4.78, 5) is 11.9. The second-order valence-electron chi connectivity index (χ2n) is 5.07. The molecule has 2 rings (SSSR count). The number of carbonyl (C=O) groups is 1. The summed E-state index contributed by atoms with van der Waals surface area (Å²) in [6, 6.07) is 7.44. The Balaban J connectivity index is 0.00000220. The first-order valence-electron chi connectivity index (χ1n) is 7.12. The van der Waals surface area contributed by atoms with E-state index in [0.717, 1.165) is 30.9 Å². The maximum Gasteiger partial charge on any atom is 0.224 e. The van der Waals surface area contributed by atoms with Gasteiger partial charge in [-0.1, -0.05) is 18.7 Å². The minimum atomic E-state index is 0. The topological polar surface area (TPSA) is 50.4 Å². The Kier molecular flexibility index (Phi) is 7.87. The molecule has 4 nitrogen and oxygen atoms in total. The molecular formula is C16H23ClN2O2. The number of ether oxygens (including phenoxy) is 1. The summed E-state index contributed by atoms with van der Waals surface area (Å²) in [5.41, 5.74) is 0.779. The maximum atomic E-state index is 11.9. The van der Waals surface area contributed by atoms with E-state index in [4.69, 9.17) is 4.74 Å². The molecule has 1 atom stereocenters. The number of hydrogen-bond donors (Lipinski definition) is 2. The van der Waals surface area contributed by atoms with Gasteiger partial charge in [-0.05, 0) is 44.0 Å². The van der Waals surface area contributed by atoms with Gasteiger partial charge in [-0.2, -0.15) is 0 Å². The Bertz CT molecular complexity index is 459. The Morgan fingerprint density at radius 2 is 2.38 bits per heavy atom. The van der Waals surface area contributed by atoms with Crippen molar-refractivity contribution in [3.8, 4) is 5.75 Å². The number of nitrogens with one attached hydrogen (secondary N) is 2. The third kappa shape index (κ3) is 6.19. The molecular weight excluding hydrogens is 288 g/mol. The van der Waals surface area contributed by atoms with E-state index in [1.807, 2.05) is 24.3 Å². The number of halogens is 1. The number of carbonyl (C=O) groups excluding carboxylic acids is 1. The monoisotopic (exact) mass is 310 g/mol.